The van der Waals surface area contributed by atoms with Gasteiger partial charge < -0.3 is 26.4 Å². The number of carbonyl (C=O) groups excluding carboxylic acids is 3. The summed E-state index contributed by atoms with van der Waals surface area (Å²) >= 11 is 0. The topological polar surface area (TPSA) is 144 Å². The Hall–Kier alpha value is -3.82. The highest BCUT2D eigenvalue weighted by atomic mass is 16.5. The number of hydrogen-bond acceptors (Lipinski definition) is 8. The smallest absolute Gasteiger partial charge is 0.277 e. The molecule has 1 aliphatic carbocycles. The second kappa shape index (κ2) is 8.74. The molecule has 10 nitrogen and oxygen atoms in total. The van der Waals surface area contributed by atoms with Crippen molar-refractivity contribution >= 4 is 23.4 Å². The van der Waals surface area contributed by atoms with E-state index in [1.807, 2.05) is 0 Å². The fourth-order valence-corrected chi connectivity index (χ4v) is 3.89. The molecular formula is C22H26N6O4. The molecule has 0 radical (unpaired) electrons. The third-order valence-electron chi connectivity index (χ3n) is 5.61. The van der Waals surface area contributed by atoms with Crippen LogP contribution in [-0.2, 0) is 14.4 Å². The van der Waals surface area contributed by atoms with Gasteiger partial charge in [-0.3, -0.25) is 24.3 Å². The van der Waals surface area contributed by atoms with Crippen LogP contribution in [0.5, 0.6) is 5.75 Å². The summed E-state index contributed by atoms with van der Waals surface area (Å²) in [4.78, 5) is 45.0. The van der Waals surface area contributed by atoms with E-state index in [4.69, 9.17) is 16.2 Å². The van der Waals surface area contributed by atoms with Gasteiger partial charge in [0.25, 0.3) is 11.8 Å². The number of rotatable bonds is 7. The van der Waals surface area contributed by atoms with Gasteiger partial charge in [-0.2, -0.15) is 0 Å². The summed E-state index contributed by atoms with van der Waals surface area (Å²) in [5.41, 5.74) is 13.9. The van der Waals surface area contributed by atoms with Crippen LogP contribution in [0.2, 0.25) is 0 Å². The minimum Gasteiger partial charge on any atom is -0.495 e. The summed E-state index contributed by atoms with van der Waals surface area (Å²) in [5, 5.41) is 2.59. The summed E-state index contributed by atoms with van der Waals surface area (Å²) in [7, 11) is 1.54. The number of carbonyl (C=O) groups is 3. The highest BCUT2D eigenvalue weighted by Crippen LogP contribution is 2.38. The number of pyridine rings is 1. The Morgan fingerprint density at radius 1 is 1.25 bits per heavy atom. The van der Waals surface area contributed by atoms with Crippen molar-refractivity contribution in [1.29, 1.82) is 0 Å². The van der Waals surface area contributed by atoms with E-state index in [2.05, 4.69) is 10.3 Å². The van der Waals surface area contributed by atoms with Crippen LogP contribution in [0.25, 0.3) is 5.70 Å². The van der Waals surface area contributed by atoms with Gasteiger partial charge in [0.05, 0.1) is 19.9 Å². The molecule has 4 rings (SSSR count). The average Bonchev–Trinajstić information content (AvgIpc) is 3.58. The van der Waals surface area contributed by atoms with Crippen molar-refractivity contribution < 1.29 is 19.1 Å². The van der Waals surface area contributed by atoms with Crippen molar-refractivity contribution in [3.63, 3.8) is 0 Å². The maximum Gasteiger partial charge on any atom is 0.277 e. The first kappa shape index (κ1) is 21.4. The first-order valence-corrected chi connectivity index (χ1v) is 10.5. The van der Waals surface area contributed by atoms with Gasteiger partial charge in [-0.15, -0.1) is 0 Å². The number of amides is 3. The molecule has 0 bridgehead atoms. The third kappa shape index (κ3) is 4.29. The van der Waals surface area contributed by atoms with Crippen molar-refractivity contribution in [1.82, 2.24) is 20.1 Å². The van der Waals surface area contributed by atoms with Gasteiger partial charge >= 0.3 is 0 Å². The minimum atomic E-state index is -0.382. The molecule has 3 amide bonds. The Bertz CT molecular complexity index is 1060. The summed E-state index contributed by atoms with van der Waals surface area (Å²) < 4.78 is 5.12. The third-order valence-corrected chi connectivity index (χ3v) is 5.61. The number of imide groups is 1. The molecule has 0 saturated heterocycles. The van der Waals surface area contributed by atoms with Gasteiger partial charge in [-0.1, -0.05) is 0 Å². The Kier molecular flexibility index (Phi) is 5.85. The summed E-state index contributed by atoms with van der Waals surface area (Å²) in [6, 6.07) is 1.74. The molecule has 0 spiro atoms. The second-order valence-corrected chi connectivity index (χ2v) is 7.97. The maximum atomic E-state index is 12.8. The molecule has 5 N–H and O–H groups in total. The summed E-state index contributed by atoms with van der Waals surface area (Å²) in [5.74, 6) is -0.198. The fourth-order valence-electron chi connectivity index (χ4n) is 3.89. The number of allylic oxidation sites excluding steroid dienone is 2. The van der Waals surface area contributed by atoms with E-state index < -0.39 is 0 Å². The quantitative estimate of drug-likeness (QED) is 0.404. The van der Waals surface area contributed by atoms with Gasteiger partial charge in [-0.25, -0.2) is 0 Å². The zero-order chi connectivity index (χ0) is 22.8. The van der Waals surface area contributed by atoms with Crippen molar-refractivity contribution in [3.8, 4) is 5.75 Å². The number of aromatic nitrogens is 1. The molecule has 0 aromatic carbocycles. The van der Waals surface area contributed by atoms with Crippen LogP contribution >= 0.6 is 0 Å². The van der Waals surface area contributed by atoms with Gasteiger partial charge in [-0.05, 0) is 43.9 Å². The van der Waals surface area contributed by atoms with E-state index in [-0.39, 0.29) is 36.1 Å². The first-order chi connectivity index (χ1) is 15.4. The van der Waals surface area contributed by atoms with Gasteiger partial charge in [0, 0.05) is 35.6 Å². The maximum absolute atomic E-state index is 12.8. The van der Waals surface area contributed by atoms with Gasteiger partial charge in [0.15, 0.2) is 0 Å². The van der Waals surface area contributed by atoms with E-state index >= 15 is 0 Å². The van der Waals surface area contributed by atoms with Crippen molar-refractivity contribution in [3.05, 3.63) is 53.3 Å². The fraction of sp³-hybridized carbons (Fsp3) is 0.364. The monoisotopic (exact) mass is 438 g/mol. The average molecular weight is 438 g/mol. The summed E-state index contributed by atoms with van der Waals surface area (Å²) in [6.45, 7) is 0.465. The molecule has 1 fully saturated rings. The molecule has 10 heteroatoms. The largest absolute Gasteiger partial charge is 0.495 e. The van der Waals surface area contributed by atoms with Crippen molar-refractivity contribution in [2.75, 3.05) is 20.2 Å². The molecule has 1 saturated carbocycles. The Morgan fingerprint density at radius 3 is 2.75 bits per heavy atom. The number of nitrogens with two attached hydrogens (primary N) is 2. The molecule has 3 heterocycles. The first-order valence-electron chi connectivity index (χ1n) is 10.5. The molecular weight excluding hydrogens is 412 g/mol. The predicted molar refractivity (Wildman–Crippen MR) is 116 cm³/mol. The standard InChI is InChI=1S/C22H26N6O4/c1-32-15-9-13(10-25-11-15)17(23)6-7-18(24)26-19(29)12-27-8-2-3-16-20(27)22(31)28(21(16)30)14-4-5-14/h6-7,9-11,14H,2-5,8,12,23-24H2,1H3,(H,26,29)/b17-6-,18-7+. The van der Waals surface area contributed by atoms with Crippen molar-refractivity contribution in [2.45, 2.75) is 31.7 Å². The molecule has 3 aliphatic rings. The van der Waals surface area contributed by atoms with Crippen LogP contribution in [0.3, 0.4) is 0 Å². The van der Waals surface area contributed by atoms with Crippen LogP contribution in [-0.4, -0.2) is 58.7 Å². The van der Waals surface area contributed by atoms with Gasteiger partial charge in [0.1, 0.15) is 17.3 Å². The molecule has 0 unspecified atom stereocenters. The van der Waals surface area contributed by atoms with Crippen LogP contribution < -0.4 is 21.5 Å². The molecule has 1 aromatic rings. The van der Waals surface area contributed by atoms with Crippen molar-refractivity contribution in [2.24, 2.45) is 11.5 Å². The molecule has 168 valence electrons. The lowest BCUT2D eigenvalue weighted by atomic mass is 10.0. The minimum absolute atomic E-state index is 0.00637. The lowest BCUT2D eigenvalue weighted by Crippen LogP contribution is -2.42. The normalized spacial score (nSPS) is 19.4. The molecule has 1 aromatic heterocycles. The summed E-state index contributed by atoms with van der Waals surface area (Å²) in [6.07, 6.45) is 9.16. The zero-order valence-electron chi connectivity index (χ0n) is 17.8. The lowest BCUT2D eigenvalue weighted by Gasteiger charge is -2.28. The highest BCUT2D eigenvalue weighted by molar-refractivity contribution is 6.19. The predicted octanol–water partition coefficient (Wildman–Crippen LogP) is 0.187. The Balaban J connectivity index is 1.39. The highest BCUT2D eigenvalue weighted by Gasteiger charge is 2.48. The van der Waals surface area contributed by atoms with E-state index in [0.29, 0.717) is 47.7 Å². The zero-order valence-corrected chi connectivity index (χ0v) is 17.8. The number of hydrogen-bond donors (Lipinski definition) is 3. The number of methoxy groups -OCH3 is 1. The van der Waals surface area contributed by atoms with E-state index in [1.54, 1.807) is 29.4 Å². The second-order valence-electron chi connectivity index (χ2n) is 7.97. The Labute approximate surface area is 185 Å². The van der Waals surface area contributed by atoms with E-state index in [9.17, 15) is 14.4 Å². The van der Waals surface area contributed by atoms with Crippen LogP contribution in [0, 0.1) is 0 Å². The number of nitrogens with one attached hydrogen (secondary N) is 1. The van der Waals surface area contributed by atoms with E-state index in [1.165, 1.54) is 18.1 Å². The number of nitrogens with zero attached hydrogens (tertiary/aromatic N) is 3. The Morgan fingerprint density at radius 2 is 2.03 bits per heavy atom. The van der Waals surface area contributed by atoms with Crippen LogP contribution in [0.1, 0.15) is 31.2 Å². The molecule has 0 atom stereocenters. The van der Waals surface area contributed by atoms with E-state index in [0.717, 1.165) is 12.8 Å². The number of ether oxygens (including phenoxy) is 1. The van der Waals surface area contributed by atoms with Crippen LogP contribution in [0.4, 0.5) is 0 Å². The molecule has 2 aliphatic heterocycles. The van der Waals surface area contributed by atoms with Gasteiger partial charge in [0.2, 0.25) is 5.91 Å². The molecule has 32 heavy (non-hydrogen) atoms. The lowest BCUT2D eigenvalue weighted by molar-refractivity contribution is -0.138. The SMILES string of the molecule is COc1cncc(/C(N)=C/C=C(\N)NC(=O)CN2CCCC3=C2C(=O)N(C2CC2)C3=O)c1. The van der Waals surface area contributed by atoms with Crippen LogP contribution in [0.15, 0.2) is 47.7 Å².